The van der Waals surface area contributed by atoms with Crippen molar-refractivity contribution in [3.8, 4) is 0 Å². The van der Waals surface area contributed by atoms with Gasteiger partial charge in [0.1, 0.15) is 5.82 Å². The summed E-state index contributed by atoms with van der Waals surface area (Å²) in [6, 6.07) is 6.53. The largest absolute Gasteiger partial charge is 0.331 e. The monoisotopic (exact) mass is 327 g/mol. The van der Waals surface area contributed by atoms with Crippen LogP contribution in [0, 0.1) is 0 Å². The molecule has 24 heavy (non-hydrogen) atoms. The Bertz CT molecular complexity index is 753. The van der Waals surface area contributed by atoms with E-state index < -0.39 is 0 Å². The second-order valence-electron chi connectivity index (χ2n) is 5.94. The van der Waals surface area contributed by atoms with Gasteiger partial charge in [-0.25, -0.2) is 4.79 Å². The molecule has 0 unspecified atom stereocenters. The van der Waals surface area contributed by atoms with E-state index in [9.17, 15) is 9.59 Å². The lowest BCUT2D eigenvalue weighted by Crippen LogP contribution is -2.29. The van der Waals surface area contributed by atoms with Gasteiger partial charge in [-0.05, 0) is 31.9 Å². The van der Waals surface area contributed by atoms with Crippen molar-refractivity contribution in [3.63, 3.8) is 0 Å². The molecule has 2 aromatic rings. The van der Waals surface area contributed by atoms with E-state index in [0.29, 0.717) is 17.8 Å². The molecule has 0 bridgehead atoms. The number of aromatic nitrogens is 3. The van der Waals surface area contributed by atoms with Crippen molar-refractivity contribution in [2.24, 2.45) is 0 Å². The van der Waals surface area contributed by atoms with Crippen molar-refractivity contribution in [1.29, 1.82) is 0 Å². The highest BCUT2D eigenvalue weighted by Crippen LogP contribution is 2.14. The van der Waals surface area contributed by atoms with Crippen LogP contribution in [0.2, 0.25) is 0 Å². The lowest BCUT2D eigenvalue weighted by atomic mass is 10.1. The van der Waals surface area contributed by atoms with Crippen molar-refractivity contribution in [2.45, 2.75) is 45.7 Å². The van der Waals surface area contributed by atoms with E-state index in [0.717, 1.165) is 37.5 Å². The molecular weight excluding hydrogens is 306 g/mol. The van der Waals surface area contributed by atoms with Crippen LogP contribution in [0.1, 0.15) is 48.2 Å². The summed E-state index contributed by atoms with van der Waals surface area (Å²) < 4.78 is 2.10. The zero-order chi connectivity index (χ0) is 16.9. The number of amides is 2. The number of aryl methyl sites for hydroxylation is 1. The molecule has 7 heteroatoms. The summed E-state index contributed by atoms with van der Waals surface area (Å²) in [6.45, 7) is 2.73. The van der Waals surface area contributed by atoms with Gasteiger partial charge in [-0.1, -0.05) is 18.6 Å². The Morgan fingerprint density at radius 3 is 2.92 bits per heavy atom. The molecule has 0 atom stereocenters. The molecule has 0 fully saturated rings. The minimum Gasteiger partial charge on any atom is -0.331 e. The van der Waals surface area contributed by atoms with Crippen LogP contribution in [0.4, 0.5) is 10.5 Å². The first-order valence-electron chi connectivity index (χ1n) is 8.20. The molecule has 0 saturated carbocycles. The molecular formula is C17H21N5O2. The van der Waals surface area contributed by atoms with Crippen LogP contribution in [0.3, 0.4) is 0 Å². The molecule has 1 aliphatic rings. The summed E-state index contributed by atoms with van der Waals surface area (Å²) in [5, 5.41) is 13.9. The minimum atomic E-state index is -0.332. The fourth-order valence-electron chi connectivity index (χ4n) is 2.83. The Balaban J connectivity index is 1.59. The highest BCUT2D eigenvalue weighted by atomic mass is 16.2. The maximum Gasteiger partial charge on any atom is 0.319 e. The number of benzene rings is 1. The highest BCUT2D eigenvalue weighted by molar-refractivity contribution is 5.96. The number of hydrogen-bond acceptors (Lipinski definition) is 4. The SMILES string of the molecule is CC(=O)c1cccc(NC(=O)NCc2nnc3n2CCCCC3)c1. The van der Waals surface area contributed by atoms with E-state index in [4.69, 9.17) is 0 Å². The van der Waals surface area contributed by atoms with Crippen LogP contribution < -0.4 is 10.6 Å². The van der Waals surface area contributed by atoms with Gasteiger partial charge in [-0.15, -0.1) is 10.2 Å². The fourth-order valence-corrected chi connectivity index (χ4v) is 2.83. The Hall–Kier alpha value is -2.70. The third kappa shape index (κ3) is 3.79. The van der Waals surface area contributed by atoms with Gasteiger partial charge in [0, 0.05) is 24.2 Å². The summed E-state index contributed by atoms with van der Waals surface area (Å²) in [6.07, 6.45) is 4.39. The second-order valence-corrected chi connectivity index (χ2v) is 5.94. The maximum absolute atomic E-state index is 12.1. The molecule has 7 nitrogen and oxygen atoms in total. The quantitative estimate of drug-likeness (QED) is 0.845. The summed E-state index contributed by atoms with van der Waals surface area (Å²) in [5.74, 6) is 1.74. The number of Topliss-reactive ketones (excluding diaryl/α,β-unsaturated/α-hetero) is 1. The predicted molar refractivity (Wildman–Crippen MR) is 89.9 cm³/mol. The Labute approximate surface area is 140 Å². The molecule has 0 aliphatic carbocycles. The number of hydrogen-bond donors (Lipinski definition) is 2. The number of carbonyl (C=O) groups excluding carboxylic acids is 2. The van der Waals surface area contributed by atoms with E-state index in [1.54, 1.807) is 24.3 Å². The molecule has 2 N–H and O–H groups in total. The average molecular weight is 327 g/mol. The van der Waals surface area contributed by atoms with Gasteiger partial charge >= 0.3 is 6.03 Å². The summed E-state index contributed by atoms with van der Waals surface area (Å²) in [7, 11) is 0. The van der Waals surface area contributed by atoms with Crippen molar-refractivity contribution in [2.75, 3.05) is 5.32 Å². The normalized spacial score (nSPS) is 13.7. The number of carbonyl (C=O) groups is 2. The van der Waals surface area contributed by atoms with Crippen LogP contribution in [-0.4, -0.2) is 26.6 Å². The lowest BCUT2D eigenvalue weighted by molar-refractivity contribution is 0.101. The summed E-state index contributed by atoms with van der Waals surface area (Å²) in [4.78, 5) is 23.4. The third-order valence-electron chi connectivity index (χ3n) is 4.12. The van der Waals surface area contributed by atoms with Crippen LogP contribution in [0.25, 0.3) is 0 Å². The smallest absolute Gasteiger partial charge is 0.319 e. The fraction of sp³-hybridized carbons (Fsp3) is 0.412. The van der Waals surface area contributed by atoms with Gasteiger partial charge in [0.25, 0.3) is 0 Å². The Morgan fingerprint density at radius 2 is 2.08 bits per heavy atom. The number of nitrogens with one attached hydrogen (secondary N) is 2. The minimum absolute atomic E-state index is 0.0368. The number of nitrogens with zero attached hydrogens (tertiary/aromatic N) is 3. The van der Waals surface area contributed by atoms with E-state index >= 15 is 0 Å². The van der Waals surface area contributed by atoms with Gasteiger partial charge in [0.15, 0.2) is 11.6 Å². The topological polar surface area (TPSA) is 88.9 Å². The Kier molecular flexibility index (Phi) is 4.88. The predicted octanol–water partition coefficient (Wildman–Crippen LogP) is 2.53. The average Bonchev–Trinajstić information content (AvgIpc) is 2.80. The third-order valence-corrected chi connectivity index (χ3v) is 4.12. The molecule has 3 rings (SSSR count). The van der Waals surface area contributed by atoms with E-state index in [-0.39, 0.29) is 11.8 Å². The van der Waals surface area contributed by atoms with Crippen LogP contribution in [-0.2, 0) is 19.5 Å². The maximum atomic E-state index is 12.1. The van der Waals surface area contributed by atoms with Gasteiger partial charge in [0.05, 0.1) is 6.54 Å². The number of anilines is 1. The highest BCUT2D eigenvalue weighted by Gasteiger charge is 2.15. The molecule has 2 amide bonds. The zero-order valence-corrected chi connectivity index (χ0v) is 13.7. The standard InChI is InChI=1S/C17H21N5O2/c1-12(23)13-6-5-7-14(10-13)19-17(24)18-11-16-21-20-15-8-3-2-4-9-22(15)16/h5-7,10H,2-4,8-9,11H2,1H3,(H2,18,19,24). The number of ketones is 1. The van der Waals surface area contributed by atoms with E-state index in [2.05, 4.69) is 25.4 Å². The zero-order valence-electron chi connectivity index (χ0n) is 13.7. The van der Waals surface area contributed by atoms with Crippen molar-refractivity contribution >= 4 is 17.5 Å². The molecule has 0 radical (unpaired) electrons. The number of urea groups is 1. The van der Waals surface area contributed by atoms with Gasteiger partial charge in [-0.3, -0.25) is 4.79 Å². The van der Waals surface area contributed by atoms with Crippen molar-refractivity contribution < 1.29 is 9.59 Å². The van der Waals surface area contributed by atoms with E-state index in [1.165, 1.54) is 13.3 Å². The van der Waals surface area contributed by atoms with Gasteiger partial charge < -0.3 is 15.2 Å². The molecule has 0 spiro atoms. The molecule has 0 saturated heterocycles. The summed E-state index contributed by atoms with van der Waals surface area (Å²) >= 11 is 0. The first kappa shape index (κ1) is 16.2. The lowest BCUT2D eigenvalue weighted by Gasteiger charge is -2.10. The van der Waals surface area contributed by atoms with Gasteiger partial charge in [0.2, 0.25) is 0 Å². The first-order valence-corrected chi connectivity index (χ1v) is 8.20. The number of fused-ring (bicyclic) bond motifs is 1. The van der Waals surface area contributed by atoms with Crippen LogP contribution in [0.15, 0.2) is 24.3 Å². The first-order chi connectivity index (χ1) is 11.6. The van der Waals surface area contributed by atoms with E-state index in [1.807, 2.05) is 0 Å². The molecule has 1 aromatic heterocycles. The molecule has 1 aromatic carbocycles. The molecule has 2 heterocycles. The molecule has 126 valence electrons. The van der Waals surface area contributed by atoms with Crippen molar-refractivity contribution in [1.82, 2.24) is 20.1 Å². The second kappa shape index (κ2) is 7.25. The summed E-state index contributed by atoms with van der Waals surface area (Å²) in [5.41, 5.74) is 1.15. The number of rotatable bonds is 4. The van der Waals surface area contributed by atoms with Gasteiger partial charge in [-0.2, -0.15) is 0 Å². The van der Waals surface area contributed by atoms with Crippen LogP contribution in [0.5, 0.6) is 0 Å². The van der Waals surface area contributed by atoms with Crippen molar-refractivity contribution in [3.05, 3.63) is 41.5 Å². The Morgan fingerprint density at radius 1 is 1.21 bits per heavy atom. The molecule has 1 aliphatic heterocycles. The van der Waals surface area contributed by atoms with Crippen LogP contribution >= 0.6 is 0 Å².